The summed E-state index contributed by atoms with van der Waals surface area (Å²) < 4.78 is 10.6. The van der Waals surface area contributed by atoms with Gasteiger partial charge >= 0.3 is 0 Å². The first-order valence-electron chi connectivity index (χ1n) is 11.9. The Morgan fingerprint density at radius 2 is 1.41 bits per heavy atom. The standard InChI is InChI=1S/C28H30N4O4S/c1-19-4-6-20(7-5-19)26(33)30-28(37)29-22-8-10-23(11-9-22)31-12-14-32(15-13-31)27(34)21-16-24(35-2)18-25(17-21)36-3/h4-11,16-18H,12-15H2,1-3H3,(H2,29,30,33,37). The van der Waals surface area contributed by atoms with Crippen molar-refractivity contribution < 1.29 is 19.1 Å². The molecule has 9 heteroatoms. The van der Waals surface area contributed by atoms with Crippen LogP contribution in [0.15, 0.2) is 66.7 Å². The molecule has 192 valence electrons. The highest BCUT2D eigenvalue weighted by atomic mass is 32.1. The number of methoxy groups -OCH3 is 2. The largest absolute Gasteiger partial charge is 0.497 e. The molecule has 1 aliphatic heterocycles. The van der Waals surface area contributed by atoms with Crippen molar-refractivity contribution in [2.75, 3.05) is 50.6 Å². The Morgan fingerprint density at radius 1 is 0.811 bits per heavy atom. The molecule has 0 radical (unpaired) electrons. The van der Waals surface area contributed by atoms with Gasteiger partial charge in [0, 0.05) is 54.7 Å². The van der Waals surface area contributed by atoms with Gasteiger partial charge in [-0.1, -0.05) is 17.7 Å². The van der Waals surface area contributed by atoms with Crippen LogP contribution in [0.1, 0.15) is 26.3 Å². The number of thiocarbonyl (C=S) groups is 1. The number of amides is 2. The third kappa shape index (κ3) is 6.56. The van der Waals surface area contributed by atoms with Gasteiger partial charge in [0.1, 0.15) is 11.5 Å². The highest BCUT2D eigenvalue weighted by molar-refractivity contribution is 7.80. The summed E-state index contributed by atoms with van der Waals surface area (Å²) in [5.74, 6) is 0.875. The molecule has 1 fully saturated rings. The van der Waals surface area contributed by atoms with E-state index in [4.69, 9.17) is 21.7 Å². The number of rotatable bonds is 6. The molecule has 4 rings (SSSR count). The molecular weight excluding hydrogens is 488 g/mol. The Kier molecular flexibility index (Phi) is 8.25. The van der Waals surface area contributed by atoms with Crippen LogP contribution in [0, 0.1) is 6.92 Å². The highest BCUT2D eigenvalue weighted by Crippen LogP contribution is 2.25. The molecule has 8 nitrogen and oxygen atoms in total. The Hall–Kier alpha value is -4.11. The van der Waals surface area contributed by atoms with Crippen molar-refractivity contribution in [2.45, 2.75) is 6.92 Å². The van der Waals surface area contributed by atoms with E-state index in [0.717, 1.165) is 16.9 Å². The Labute approximate surface area is 222 Å². The van der Waals surface area contributed by atoms with Crippen molar-refractivity contribution in [1.82, 2.24) is 10.2 Å². The summed E-state index contributed by atoms with van der Waals surface area (Å²) in [7, 11) is 3.13. The van der Waals surface area contributed by atoms with Crippen LogP contribution in [0.4, 0.5) is 11.4 Å². The van der Waals surface area contributed by atoms with Gasteiger partial charge in [0.05, 0.1) is 14.2 Å². The lowest BCUT2D eigenvalue weighted by Gasteiger charge is -2.36. The minimum absolute atomic E-state index is 0.0439. The van der Waals surface area contributed by atoms with Crippen molar-refractivity contribution in [1.29, 1.82) is 0 Å². The van der Waals surface area contributed by atoms with Crippen LogP contribution < -0.4 is 25.0 Å². The molecule has 1 saturated heterocycles. The first kappa shape index (κ1) is 26.0. The fourth-order valence-electron chi connectivity index (χ4n) is 4.08. The molecule has 2 N–H and O–H groups in total. The molecule has 1 heterocycles. The van der Waals surface area contributed by atoms with Gasteiger partial charge in [-0.25, -0.2) is 0 Å². The molecule has 0 aromatic heterocycles. The van der Waals surface area contributed by atoms with Crippen molar-refractivity contribution in [2.24, 2.45) is 0 Å². The summed E-state index contributed by atoms with van der Waals surface area (Å²) in [5.41, 5.74) is 4.01. The predicted octanol–water partition coefficient (Wildman–Crippen LogP) is 4.10. The number of nitrogens with zero attached hydrogens (tertiary/aromatic N) is 2. The molecule has 0 atom stereocenters. The van der Waals surface area contributed by atoms with E-state index in [1.54, 1.807) is 44.6 Å². The van der Waals surface area contributed by atoms with Crippen LogP contribution in [-0.4, -0.2) is 62.2 Å². The molecule has 0 spiro atoms. The van der Waals surface area contributed by atoms with E-state index in [-0.39, 0.29) is 16.9 Å². The predicted molar refractivity (Wildman–Crippen MR) is 149 cm³/mol. The summed E-state index contributed by atoms with van der Waals surface area (Å²) in [6.45, 7) is 4.60. The minimum atomic E-state index is -0.256. The number of carbonyl (C=O) groups is 2. The molecule has 3 aromatic carbocycles. The average Bonchev–Trinajstić information content (AvgIpc) is 2.93. The third-order valence-electron chi connectivity index (χ3n) is 6.20. The van der Waals surface area contributed by atoms with Gasteiger partial charge in [0.2, 0.25) is 0 Å². The second kappa shape index (κ2) is 11.7. The van der Waals surface area contributed by atoms with E-state index in [0.29, 0.717) is 48.8 Å². The van der Waals surface area contributed by atoms with Crippen LogP contribution >= 0.6 is 12.2 Å². The monoisotopic (exact) mass is 518 g/mol. The number of ether oxygens (including phenoxy) is 2. The van der Waals surface area contributed by atoms with E-state index in [1.165, 1.54) is 0 Å². The topological polar surface area (TPSA) is 83.1 Å². The van der Waals surface area contributed by atoms with E-state index in [2.05, 4.69) is 15.5 Å². The van der Waals surface area contributed by atoms with Gasteiger partial charge in [-0.2, -0.15) is 0 Å². The molecular formula is C28H30N4O4S. The molecule has 37 heavy (non-hydrogen) atoms. The number of aryl methyl sites for hydroxylation is 1. The molecule has 1 aliphatic rings. The summed E-state index contributed by atoms with van der Waals surface area (Å²) >= 11 is 5.30. The number of carbonyl (C=O) groups excluding carboxylic acids is 2. The molecule has 0 saturated carbocycles. The second-order valence-electron chi connectivity index (χ2n) is 8.70. The first-order valence-corrected chi connectivity index (χ1v) is 12.3. The number of hydrogen-bond acceptors (Lipinski definition) is 6. The summed E-state index contributed by atoms with van der Waals surface area (Å²) in [6.07, 6.45) is 0. The third-order valence-corrected chi connectivity index (χ3v) is 6.40. The van der Waals surface area contributed by atoms with Crippen LogP contribution in [0.3, 0.4) is 0 Å². The normalized spacial score (nSPS) is 13.1. The fourth-order valence-corrected chi connectivity index (χ4v) is 4.29. The van der Waals surface area contributed by atoms with E-state index >= 15 is 0 Å². The van der Waals surface area contributed by atoms with Gasteiger partial charge in [-0.3, -0.25) is 14.9 Å². The lowest BCUT2D eigenvalue weighted by atomic mass is 10.1. The van der Waals surface area contributed by atoms with Crippen LogP contribution in [0.5, 0.6) is 11.5 Å². The quantitative estimate of drug-likeness (QED) is 0.476. The van der Waals surface area contributed by atoms with Crippen LogP contribution in [-0.2, 0) is 0 Å². The SMILES string of the molecule is COc1cc(OC)cc(C(=O)N2CCN(c3ccc(NC(=S)NC(=O)c4ccc(C)cc4)cc3)CC2)c1. The lowest BCUT2D eigenvalue weighted by molar-refractivity contribution is 0.0745. The zero-order chi connectivity index (χ0) is 26.4. The molecule has 0 bridgehead atoms. The summed E-state index contributed by atoms with van der Waals surface area (Å²) in [6, 6.07) is 20.3. The zero-order valence-electron chi connectivity index (χ0n) is 21.1. The molecule has 3 aromatic rings. The maximum Gasteiger partial charge on any atom is 0.257 e. The summed E-state index contributed by atoms with van der Waals surface area (Å²) in [5, 5.41) is 5.99. The number of nitrogens with one attached hydrogen (secondary N) is 2. The van der Waals surface area contributed by atoms with Crippen LogP contribution in [0.2, 0.25) is 0 Å². The van der Waals surface area contributed by atoms with Gasteiger partial charge in [0.15, 0.2) is 5.11 Å². The summed E-state index contributed by atoms with van der Waals surface area (Å²) in [4.78, 5) is 29.5. The highest BCUT2D eigenvalue weighted by Gasteiger charge is 2.23. The smallest absolute Gasteiger partial charge is 0.257 e. The van der Waals surface area contributed by atoms with Crippen molar-refractivity contribution >= 4 is 40.5 Å². The average molecular weight is 519 g/mol. The van der Waals surface area contributed by atoms with Gasteiger partial charge in [-0.05, 0) is 67.7 Å². The van der Waals surface area contributed by atoms with Crippen molar-refractivity contribution in [3.63, 3.8) is 0 Å². The van der Waals surface area contributed by atoms with E-state index in [1.807, 2.05) is 48.2 Å². The van der Waals surface area contributed by atoms with Gasteiger partial charge < -0.3 is 24.6 Å². The van der Waals surface area contributed by atoms with Gasteiger partial charge in [0.25, 0.3) is 11.8 Å². The minimum Gasteiger partial charge on any atom is -0.497 e. The maximum atomic E-state index is 13.1. The number of hydrogen-bond donors (Lipinski definition) is 2. The van der Waals surface area contributed by atoms with E-state index < -0.39 is 0 Å². The number of piperazine rings is 1. The van der Waals surface area contributed by atoms with Crippen molar-refractivity contribution in [3.05, 3.63) is 83.4 Å². The second-order valence-corrected chi connectivity index (χ2v) is 9.11. The van der Waals surface area contributed by atoms with Gasteiger partial charge in [-0.15, -0.1) is 0 Å². The fraction of sp³-hybridized carbons (Fsp3) is 0.250. The molecule has 0 aliphatic carbocycles. The number of benzene rings is 3. The lowest BCUT2D eigenvalue weighted by Crippen LogP contribution is -2.48. The first-order chi connectivity index (χ1) is 17.9. The Balaban J connectivity index is 1.30. The Morgan fingerprint density at radius 3 is 1.97 bits per heavy atom. The van der Waals surface area contributed by atoms with Crippen LogP contribution in [0.25, 0.3) is 0 Å². The Bertz CT molecular complexity index is 1250. The van der Waals surface area contributed by atoms with E-state index in [9.17, 15) is 9.59 Å². The van der Waals surface area contributed by atoms with Crippen molar-refractivity contribution in [3.8, 4) is 11.5 Å². The molecule has 2 amide bonds. The maximum absolute atomic E-state index is 13.1. The molecule has 0 unspecified atom stereocenters. The zero-order valence-corrected chi connectivity index (χ0v) is 21.9. The number of anilines is 2.